The van der Waals surface area contributed by atoms with Gasteiger partial charge in [-0.1, -0.05) is 18.2 Å². The molecular weight excluding hydrogens is 454 g/mol. The molecule has 3 nitrogen and oxygen atoms in total. The molecule has 1 atom stereocenters. The summed E-state index contributed by atoms with van der Waals surface area (Å²) in [6.07, 6.45) is 0.0621. The number of benzene rings is 1. The van der Waals surface area contributed by atoms with Gasteiger partial charge in [0.1, 0.15) is 11.4 Å². The molecule has 10 heteroatoms. The molecule has 1 spiro atoms. The molecule has 0 bridgehead atoms. The van der Waals surface area contributed by atoms with E-state index in [1.54, 1.807) is 18.2 Å². The van der Waals surface area contributed by atoms with Gasteiger partial charge in [0.2, 0.25) is 0 Å². The van der Waals surface area contributed by atoms with Gasteiger partial charge in [0, 0.05) is 11.8 Å². The lowest BCUT2D eigenvalue weighted by molar-refractivity contribution is -0.0981. The molecule has 0 aromatic heterocycles. The molecule has 4 rings (SSSR count). The molecule has 2 heterocycles. The van der Waals surface area contributed by atoms with Crippen LogP contribution in [0.3, 0.4) is 0 Å². The van der Waals surface area contributed by atoms with Crippen LogP contribution in [0.4, 0.5) is 26.3 Å². The molecule has 3 aliphatic rings. The summed E-state index contributed by atoms with van der Waals surface area (Å²) < 4.78 is 84.2. The van der Waals surface area contributed by atoms with Crippen molar-refractivity contribution in [2.24, 2.45) is 4.99 Å². The number of aliphatic imine (C=N–C) groups is 1. The van der Waals surface area contributed by atoms with E-state index in [0.29, 0.717) is 11.6 Å². The van der Waals surface area contributed by atoms with Gasteiger partial charge < -0.3 is 9.64 Å². The van der Waals surface area contributed by atoms with Crippen LogP contribution in [0.1, 0.15) is 17.5 Å². The summed E-state index contributed by atoms with van der Waals surface area (Å²) in [4.78, 5) is 5.56. The molecule has 1 unspecified atom stereocenters. The van der Waals surface area contributed by atoms with Crippen molar-refractivity contribution in [2.45, 2.75) is 24.7 Å². The van der Waals surface area contributed by atoms with Gasteiger partial charge in [0.25, 0.3) is 0 Å². The predicted molar refractivity (Wildman–Crippen MR) is 92.9 cm³/mol. The molecule has 0 radical (unpaired) electrons. The van der Waals surface area contributed by atoms with E-state index >= 15 is 0 Å². The maximum absolute atomic E-state index is 14.5. The quantitative estimate of drug-likeness (QED) is 0.540. The highest BCUT2D eigenvalue weighted by Crippen LogP contribution is 2.45. The standard InChI is InChI=1S/C18H11BrF6N2O/c19-12-4-3-11-10(14(12)20)2-1-5-17(11)8-27-7-9(18(23,24)25)6-13(15(27)26-17)28-16(21)22/h1-4,6-7,16H,5,8H2. The molecule has 2 aliphatic heterocycles. The van der Waals surface area contributed by atoms with Gasteiger partial charge in [0.15, 0.2) is 11.6 Å². The lowest BCUT2D eigenvalue weighted by atomic mass is 9.80. The van der Waals surface area contributed by atoms with E-state index in [4.69, 9.17) is 0 Å². The Kier molecular flexibility index (Phi) is 4.36. The second-order valence-electron chi connectivity index (χ2n) is 6.49. The van der Waals surface area contributed by atoms with Crippen molar-refractivity contribution in [3.63, 3.8) is 0 Å². The van der Waals surface area contributed by atoms with Gasteiger partial charge in [0.05, 0.1) is 16.6 Å². The summed E-state index contributed by atoms with van der Waals surface area (Å²) in [5.41, 5.74) is -1.52. The maximum atomic E-state index is 14.5. The van der Waals surface area contributed by atoms with Crippen LogP contribution < -0.4 is 0 Å². The largest absolute Gasteiger partial charge is 0.431 e. The maximum Gasteiger partial charge on any atom is 0.417 e. The zero-order chi connectivity index (χ0) is 20.3. The number of halogens is 7. The number of ether oxygens (including phenoxy) is 1. The van der Waals surface area contributed by atoms with Crippen LogP contribution in [0.5, 0.6) is 0 Å². The Bertz CT molecular complexity index is 966. The van der Waals surface area contributed by atoms with E-state index in [1.165, 1.54) is 6.07 Å². The van der Waals surface area contributed by atoms with Crippen LogP contribution in [-0.2, 0) is 10.3 Å². The Morgan fingerprint density at radius 2 is 2.00 bits per heavy atom. The second-order valence-corrected chi connectivity index (χ2v) is 7.35. The van der Waals surface area contributed by atoms with Gasteiger partial charge >= 0.3 is 12.8 Å². The molecule has 0 saturated carbocycles. The average molecular weight is 465 g/mol. The first-order valence-electron chi connectivity index (χ1n) is 8.08. The average Bonchev–Trinajstić information content (AvgIpc) is 2.96. The Balaban J connectivity index is 1.83. The minimum absolute atomic E-state index is 0.0652. The molecule has 0 N–H and O–H groups in total. The number of hydrogen-bond acceptors (Lipinski definition) is 3. The molecule has 148 valence electrons. The third-order valence-corrected chi connectivity index (χ3v) is 5.36. The van der Waals surface area contributed by atoms with Gasteiger partial charge in [-0.2, -0.15) is 22.0 Å². The molecule has 0 fully saturated rings. The molecule has 1 aromatic rings. The third-order valence-electron chi connectivity index (χ3n) is 4.74. The number of rotatable bonds is 2. The van der Waals surface area contributed by atoms with E-state index < -0.39 is 35.5 Å². The summed E-state index contributed by atoms with van der Waals surface area (Å²) in [6, 6.07) is 3.11. The summed E-state index contributed by atoms with van der Waals surface area (Å²) in [5, 5.41) is 0. The fraction of sp³-hybridized carbons (Fsp3) is 0.278. The number of nitrogens with zero attached hydrogens (tertiary/aromatic N) is 2. The summed E-state index contributed by atoms with van der Waals surface area (Å²) in [6.45, 7) is -3.38. The zero-order valence-electron chi connectivity index (χ0n) is 13.9. The van der Waals surface area contributed by atoms with Crippen LogP contribution in [0.25, 0.3) is 6.08 Å². The van der Waals surface area contributed by atoms with Crippen molar-refractivity contribution in [3.05, 3.63) is 63.2 Å². The topological polar surface area (TPSA) is 24.8 Å². The highest BCUT2D eigenvalue weighted by molar-refractivity contribution is 9.10. The number of amidine groups is 1. The molecule has 28 heavy (non-hydrogen) atoms. The van der Waals surface area contributed by atoms with Gasteiger partial charge in [-0.25, -0.2) is 4.39 Å². The van der Waals surface area contributed by atoms with Crippen molar-refractivity contribution in [3.8, 4) is 0 Å². The Morgan fingerprint density at radius 3 is 2.68 bits per heavy atom. The molecule has 0 amide bonds. The second kappa shape index (κ2) is 6.40. The number of fused-ring (bicyclic) bond motifs is 3. The summed E-state index contributed by atoms with van der Waals surface area (Å²) in [5.74, 6) is -1.34. The van der Waals surface area contributed by atoms with Gasteiger partial charge in [-0.05, 0) is 40.1 Å². The van der Waals surface area contributed by atoms with Crippen molar-refractivity contribution < 1.29 is 31.1 Å². The molecule has 0 saturated heterocycles. The smallest absolute Gasteiger partial charge is 0.417 e. The highest BCUT2D eigenvalue weighted by Gasteiger charge is 2.47. The van der Waals surface area contributed by atoms with Crippen molar-refractivity contribution in [1.82, 2.24) is 4.90 Å². The zero-order valence-corrected chi connectivity index (χ0v) is 15.5. The normalized spacial score (nSPS) is 23.4. The van der Waals surface area contributed by atoms with Crippen molar-refractivity contribution in [1.29, 1.82) is 0 Å². The number of hydrogen-bond donors (Lipinski definition) is 0. The predicted octanol–water partition coefficient (Wildman–Crippen LogP) is 5.50. The van der Waals surface area contributed by atoms with Crippen LogP contribution in [0.15, 0.2) is 51.3 Å². The fourth-order valence-electron chi connectivity index (χ4n) is 3.58. The van der Waals surface area contributed by atoms with E-state index in [9.17, 15) is 26.3 Å². The van der Waals surface area contributed by atoms with E-state index in [1.807, 2.05) is 0 Å². The fourth-order valence-corrected chi connectivity index (χ4v) is 3.93. The van der Waals surface area contributed by atoms with Crippen LogP contribution in [0.2, 0.25) is 0 Å². The monoisotopic (exact) mass is 464 g/mol. The Labute approximate surface area is 163 Å². The van der Waals surface area contributed by atoms with Gasteiger partial charge in [-0.15, -0.1) is 0 Å². The SMILES string of the molecule is Fc1c(Br)ccc2c1C=CCC21CN2C=C(C(F)(F)F)C=C(OC(F)F)C2=N1. The summed E-state index contributed by atoms with van der Waals surface area (Å²) >= 11 is 3.10. The van der Waals surface area contributed by atoms with Crippen LogP contribution >= 0.6 is 15.9 Å². The van der Waals surface area contributed by atoms with E-state index in [0.717, 1.165) is 11.1 Å². The van der Waals surface area contributed by atoms with Crippen LogP contribution in [-0.4, -0.2) is 30.1 Å². The Morgan fingerprint density at radius 1 is 1.25 bits per heavy atom. The molecular formula is C18H11BrF6N2O. The van der Waals surface area contributed by atoms with E-state index in [-0.39, 0.29) is 28.8 Å². The minimum Gasteiger partial charge on any atom is -0.431 e. The molecule has 1 aliphatic carbocycles. The lowest BCUT2D eigenvalue weighted by Gasteiger charge is -2.31. The lowest BCUT2D eigenvalue weighted by Crippen LogP contribution is -2.35. The van der Waals surface area contributed by atoms with Crippen molar-refractivity contribution >= 4 is 27.8 Å². The van der Waals surface area contributed by atoms with Crippen LogP contribution in [0, 0.1) is 5.82 Å². The first-order chi connectivity index (χ1) is 13.1. The first-order valence-corrected chi connectivity index (χ1v) is 8.87. The minimum atomic E-state index is -4.75. The first kappa shape index (κ1) is 19.1. The number of allylic oxidation sites excluding steroid dienone is 2. The van der Waals surface area contributed by atoms with E-state index in [2.05, 4.69) is 25.7 Å². The Hall–Kier alpha value is -2.23. The highest BCUT2D eigenvalue weighted by atomic mass is 79.9. The molecule has 1 aromatic carbocycles. The van der Waals surface area contributed by atoms with Crippen molar-refractivity contribution in [2.75, 3.05) is 6.54 Å². The third kappa shape index (κ3) is 3.03. The van der Waals surface area contributed by atoms with Gasteiger partial charge in [-0.3, -0.25) is 4.99 Å². The number of alkyl halides is 5. The summed E-state index contributed by atoms with van der Waals surface area (Å²) in [7, 11) is 0.